The summed E-state index contributed by atoms with van der Waals surface area (Å²) >= 11 is 0. The van der Waals surface area contributed by atoms with Gasteiger partial charge < -0.3 is 14.8 Å². The van der Waals surface area contributed by atoms with Crippen molar-refractivity contribution in [2.75, 3.05) is 19.6 Å². The maximum atomic E-state index is 14.2. The maximum absolute atomic E-state index is 14.2. The van der Waals surface area contributed by atoms with Crippen LogP contribution in [0.5, 0.6) is 0 Å². The zero-order valence-corrected chi connectivity index (χ0v) is 18.9. The minimum atomic E-state index is -0.349. The molecule has 4 rings (SSSR count). The van der Waals surface area contributed by atoms with E-state index in [4.69, 9.17) is 0 Å². The Bertz CT molecular complexity index is 1260. The lowest BCUT2D eigenvalue weighted by molar-refractivity contribution is -0.127. The van der Waals surface area contributed by atoms with Crippen molar-refractivity contribution in [1.29, 1.82) is 0 Å². The molecular weight excluding hydrogens is 425 g/mol. The molecule has 1 fully saturated rings. The summed E-state index contributed by atoms with van der Waals surface area (Å²) in [5, 5.41) is 8.16. The Morgan fingerprint density at radius 3 is 2.70 bits per heavy atom. The summed E-state index contributed by atoms with van der Waals surface area (Å²) in [6.45, 7) is 5.64. The molecule has 174 valence electrons. The Morgan fingerprint density at radius 2 is 1.97 bits per heavy atom. The number of nitrogens with one attached hydrogen (secondary N) is 1. The number of hydrogen-bond acceptors (Lipinski definition) is 4. The third-order valence-corrected chi connectivity index (χ3v) is 6.28. The van der Waals surface area contributed by atoms with Gasteiger partial charge in [0.2, 0.25) is 11.8 Å². The SMILES string of the molecule is Cc1c2cnn(CC(=O)NCCCN3CCCC3=O)c(=O)c2c(C)n1Cc1ccccc1F. The minimum absolute atomic E-state index is 0.165. The van der Waals surface area contributed by atoms with Gasteiger partial charge in [0.1, 0.15) is 12.4 Å². The van der Waals surface area contributed by atoms with E-state index in [0.29, 0.717) is 54.5 Å². The normalized spacial score (nSPS) is 13.8. The molecule has 0 atom stereocenters. The number of amides is 2. The van der Waals surface area contributed by atoms with Crippen molar-refractivity contribution in [3.8, 4) is 0 Å². The van der Waals surface area contributed by atoms with E-state index in [9.17, 15) is 18.8 Å². The lowest BCUT2D eigenvalue weighted by Gasteiger charge is -2.15. The van der Waals surface area contributed by atoms with Crippen LogP contribution in [0.4, 0.5) is 4.39 Å². The molecule has 9 heteroatoms. The second-order valence-electron chi connectivity index (χ2n) is 8.43. The Labute approximate surface area is 191 Å². The average Bonchev–Trinajstić information content (AvgIpc) is 3.30. The van der Waals surface area contributed by atoms with Crippen molar-refractivity contribution in [2.45, 2.75) is 46.2 Å². The molecule has 0 aliphatic carbocycles. The van der Waals surface area contributed by atoms with Gasteiger partial charge in [0.15, 0.2) is 0 Å². The fraction of sp³-hybridized carbons (Fsp3) is 0.417. The summed E-state index contributed by atoms with van der Waals surface area (Å²) in [7, 11) is 0. The summed E-state index contributed by atoms with van der Waals surface area (Å²) in [5.74, 6) is -0.440. The molecule has 1 aliphatic heterocycles. The Balaban J connectivity index is 1.45. The van der Waals surface area contributed by atoms with E-state index in [0.717, 1.165) is 23.3 Å². The standard InChI is InChI=1S/C24H28FN5O3/c1-16-19-13-27-30(15-21(31)26-10-6-12-28-11-5-9-22(28)32)24(33)23(19)17(2)29(16)14-18-7-3-4-8-20(18)25/h3-4,7-8,13H,5-6,9-12,14-15H2,1-2H3,(H,26,31). The van der Waals surface area contributed by atoms with Crippen molar-refractivity contribution in [2.24, 2.45) is 0 Å². The van der Waals surface area contributed by atoms with E-state index in [2.05, 4.69) is 10.4 Å². The smallest absolute Gasteiger partial charge is 0.276 e. The number of likely N-dealkylation sites (tertiary alicyclic amines) is 1. The first kappa shape index (κ1) is 22.7. The second-order valence-corrected chi connectivity index (χ2v) is 8.43. The van der Waals surface area contributed by atoms with Crippen LogP contribution < -0.4 is 10.9 Å². The van der Waals surface area contributed by atoms with Gasteiger partial charge in [-0.25, -0.2) is 9.07 Å². The molecule has 1 aromatic carbocycles. The van der Waals surface area contributed by atoms with Crippen molar-refractivity contribution in [3.05, 3.63) is 63.6 Å². The highest BCUT2D eigenvalue weighted by Crippen LogP contribution is 2.23. The molecule has 3 heterocycles. The van der Waals surface area contributed by atoms with E-state index < -0.39 is 0 Å². The van der Waals surface area contributed by atoms with Crippen LogP contribution in [0.3, 0.4) is 0 Å². The van der Waals surface area contributed by atoms with Crippen molar-refractivity contribution >= 4 is 22.6 Å². The van der Waals surface area contributed by atoms with E-state index in [1.165, 1.54) is 6.07 Å². The molecule has 1 N–H and O–H groups in total. The van der Waals surface area contributed by atoms with Crippen molar-refractivity contribution < 1.29 is 14.0 Å². The van der Waals surface area contributed by atoms with Gasteiger partial charge in [-0.1, -0.05) is 18.2 Å². The third-order valence-electron chi connectivity index (χ3n) is 6.28. The highest BCUT2D eigenvalue weighted by atomic mass is 19.1. The fourth-order valence-corrected chi connectivity index (χ4v) is 4.42. The number of halogens is 1. The zero-order chi connectivity index (χ0) is 23.5. The number of carbonyl (C=O) groups excluding carboxylic acids is 2. The first-order chi connectivity index (χ1) is 15.9. The predicted octanol–water partition coefficient (Wildman–Crippen LogP) is 2.13. The second kappa shape index (κ2) is 9.56. The van der Waals surface area contributed by atoms with Crippen LogP contribution in [0.2, 0.25) is 0 Å². The highest BCUT2D eigenvalue weighted by Gasteiger charge is 2.20. The number of rotatable bonds is 8. The van der Waals surface area contributed by atoms with E-state index in [-0.39, 0.29) is 29.7 Å². The van der Waals surface area contributed by atoms with E-state index >= 15 is 0 Å². The summed E-state index contributed by atoms with van der Waals surface area (Å²) < 4.78 is 17.2. The van der Waals surface area contributed by atoms with Gasteiger partial charge in [-0.2, -0.15) is 5.10 Å². The largest absolute Gasteiger partial charge is 0.354 e. The van der Waals surface area contributed by atoms with Gasteiger partial charge in [-0.15, -0.1) is 0 Å². The number of benzene rings is 1. The molecule has 2 aromatic heterocycles. The number of nitrogens with zero attached hydrogens (tertiary/aromatic N) is 4. The molecule has 0 spiro atoms. The molecule has 0 bridgehead atoms. The van der Waals surface area contributed by atoms with Crippen LogP contribution in [0, 0.1) is 19.7 Å². The van der Waals surface area contributed by atoms with Crippen molar-refractivity contribution in [3.63, 3.8) is 0 Å². The number of carbonyl (C=O) groups is 2. The summed E-state index contributed by atoms with van der Waals surface area (Å²) in [6.07, 6.45) is 3.74. The summed E-state index contributed by atoms with van der Waals surface area (Å²) in [4.78, 5) is 38.9. The number of fused-ring (bicyclic) bond motifs is 1. The van der Waals surface area contributed by atoms with E-state index in [1.807, 2.05) is 23.3 Å². The Kier molecular flexibility index (Phi) is 6.57. The monoisotopic (exact) mass is 453 g/mol. The lowest BCUT2D eigenvalue weighted by Crippen LogP contribution is -2.35. The number of aryl methyl sites for hydroxylation is 2. The molecule has 1 saturated heterocycles. The number of hydrogen-bond donors (Lipinski definition) is 1. The van der Waals surface area contributed by atoms with Gasteiger partial charge >= 0.3 is 0 Å². The lowest BCUT2D eigenvalue weighted by atomic mass is 10.2. The van der Waals surface area contributed by atoms with Crippen LogP contribution in [-0.4, -0.2) is 50.7 Å². The van der Waals surface area contributed by atoms with Gasteiger partial charge in [-0.05, 0) is 32.8 Å². The van der Waals surface area contributed by atoms with Gasteiger partial charge in [0.25, 0.3) is 5.56 Å². The Hall–Kier alpha value is -3.49. The van der Waals surface area contributed by atoms with Crippen LogP contribution >= 0.6 is 0 Å². The van der Waals surface area contributed by atoms with Crippen LogP contribution in [0.25, 0.3) is 10.8 Å². The third kappa shape index (κ3) is 4.67. The maximum Gasteiger partial charge on any atom is 0.276 e. The molecule has 2 amide bonds. The molecule has 3 aromatic rings. The summed E-state index contributed by atoms with van der Waals surface area (Å²) in [5.41, 5.74) is 1.72. The van der Waals surface area contributed by atoms with Crippen molar-refractivity contribution in [1.82, 2.24) is 24.6 Å². The fourth-order valence-electron chi connectivity index (χ4n) is 4.42. The van der Waals surface area contributed by atoms with Crippen LogP contribution in [-0.2, 0) is 22.7 Å². The van der Waals surface area contributed by atoms with Gasteiger partial charge in [0, 0.05) is 48.4 Å². The first-order valence-electron chi connectivity index (χ1n) is 11.2. The van der Waals surface area contributed by atoms with Gasteiger partial charge in [0.05, 0.1) is 18.1 Å². The molecule has 0 unspecified atom stereocenters. The first-order valence-corrected chi connectivity index (χ1v) is 11.2. The predicted molar refractivity (Wildman–Crippen MR) is 122 cm³/mol. The molecule has 33 heavy (non-hydrogen) atoms. The zero-order valence-electron chi connectivity index (χ0n) is 18.9. The number of aromatic nitrogens is 3. The topological polar surface area (TPSA) is 89.2 Å². The summed E-state index contributed by atoms with van der Waals surface area (Å²) in [6, 6.07) is 6.56. The molecular formula is C24H28FN5O3. The quantitative estimate of drug-likeness (QED) is 0.529. The highest BCUT2D eigenvalue weighted by molar-refractivity contribution is 5.87. The molecule has 8 nitrogen and oxygen atoms in total. The minimum Gasteiger partial charge on any atom is -0.354 e. The molecule has 0 radical (unpaired) electrons. The molecule has 0 saturated carbocycles. The van der Waals surface area contributed by atoms with Crippen LogP contribution in [0.1, 0.15) is 36.2 Å². The van der Waals surface area contributed by atoms with Crippen LogP contribution in [0.15, 0.2) is 35.3 Å². The molecule has 1 aliphatic rings. The average molecular weight is 454 g/mol. The Morgan fingerprint density at radius 1 is 1.18 bits per heavy atom. The van der Waals surface area contributed by atoms with Gasteiger partial charge in [-0.3, -0.25) is 14.4 Å². The van der Waals surface area contributed by atoms with E-state index in [1.54, 1.807) is 24.4 Å².